The highest BCUT2D eigenvalue weighted by Crippen LogP contribution is 2.39. The number of hydrogen-bond donors (Lipinski definition) is 1. The van der Waals surface area contributed by atoms with E-state index in [1.807, 2.05) is 0 Å². The molecule has 1 saturated heterocycles. The van der Waals surface area contributed by atoms with Crippen molar-refractivity contribution in [1.82, 2.24) is 4.90 Å². The first-order chi connectivity index (χ1) is 15.1. The fourth-order valence-electron chi connectivity index (χ4n) is 4.15. The number of nitrogens with one attached hydrogen (secondary N) is 1. The summed E-state index contributed by atoms with van der Waals surface area (Å²) in [7, 11) is 4.68. The number of hydrogen-bond acceptors (Lipinski definition) is 5. The number of ether oxygens (including phenoxy) is 3. The molecule has 0 saturated carbocycles. The first-order valence-electron chi connectivity index (χ1n) is 11.0. The van der Waals surface area contributed by atoms with Gasteiger partial charge in [-0.2, -0.15) is 0 Å². The first-order valence-corrected chi connectivity index (χ1v) is 11.0. The zero-order chi connectivity index (χ0) is 22.1. The standard InChI is InChI=1S/C25H34N2O4/c1-29-22-17-21(18-23(30-2)25(22)31-3)26-24(28)13-16-27-14-11-20(12-15-27)10-9-19-7-5-4-6-8-19/h4-8,17-18,20H,9-16H2,1-3H3,(H,26,28). The lowest BCUT2D eigenvalue weighted by Gasteiger charge is -2.31. The van der Waals surface area contributed by atoms with Crippen LogP contribution in [0.15, 0.2) is 42.5 Å². The molecule has 1 aliphatic rings. The molecular weight excluding hydrogens is 392 g/mol. The van der Waals surface area contributed by atoms with Gasteiger partial charge in [-0.25, -0.2) is 0 Å². The van der Waals surface area contributed by atoms with Crippen LogP contribution in [0.2, 0.25) is 0 Å². The van der Waals surface area contributed by atoms with Gasteiger partial charge in [-0.15, -0.1) is 0 Å². The molecule has 168 valence electrons. The van der Waals surface area contributed by atoms with Crippen molar-refractivity contribution in [1.29, 1.82) is 0 Å². The summed E-state index contributed by atoms with van der Waals surface area (Å²) in [4.78, 5) is 14.9. The molecule has 0 aliphatic carbocycles. The molecule has 3 rings (SSSR count). The molecule has 2 aromatic carbocycles. The maximum atomic E-state index is 12.5. The van der Waals surface area contributed by atoms with E-state index in [0.717, 1.165) is 32.0 Å². The summed E-state index contributed by atoms with van der Waals surface area (Å²) in [5.74, 6) is 2.33. The van der Waals surface area contributed by atoms with Crippen molar-refractivity contribution >= 4 is 11.6 Å². The lowest BCUT2D eigenvalue weighted by Crippen LogP contribution is -2.35. The highest BCUT2D eigenvalue weighted by molar-refractivity contribution is 5.91. The van der Waals surface area contributed by atoms with Gasteiger partial charge in [0.15, 0.2) is 11.5 Å². The molecule has 0 radical (unpaired) electrons. The van der Waals surface area contributed by atoms with E-state index >= 15 is 0 Å². The number of benzene rings is 2. The molecule has 1 N–H and O–H groups in total. The van der Waals surface area contributed by atoms with E-state index in [1.165, 1.54) is 24.8 Å². The summed E-state index contributed by atoms with van der Waals surface area (Å²) in [5.41, 5.74) is 2.06. The summed E-state index contributed by atoms with van der Waals surface area (Å²) >= 11 is 0. The Kier molecular flexibility index (Phi) is 8.59. The fourth-order valence-corrected chi connectivity index (χ4v) is 4.15. The topological polar surface area (TPSA) is 60.0 Å². The molecule has 6 heteroatoms. The van der Waals surface area contributed by atoms with Gasteiger partial charge in [-0.05, 0) is 50.3 Å². The number of amides is 1. The molecule has 1 amide bonds. The van der Waals surface area contributed by atoms with E-state index in [-0.39, 0.29) is 5.91 Å². The summed E-state index contributed by atoms with van der Waals surface area (Å²) < 4.78 is 16.0. The number of anilines is 1. The van der Waals surface area contributed by atoms with Crippen LogP contribution in [0.4, 0.5) is 5.69 Å². The third-order valence-electron chi connectivity index (χ3n) is 5.99. The Balaban J connectivity index is 1.41. The smallest absolute Gasteiger partial charge is 0.225 e. The predicted molar refractivity (Wildman–Crippen MR) is 123 cm³/mol. The van der Waals surface area contributed by atoms with Crippen LogP contribution >= 0.6 is 0 Å². The zero-order valence-corrected chi connectivity index (χ0v) is 18.9. The van der Waals surface area contributed by atoms with E-state index < -0.39 is 0 Å². The molecule has 31 heavy (non-hydrogen) atoms. The van der Waals surface area contributed by atoms with Gasteiger partial charge in [0.05, 0.1) is 21.3 Å². The Morgan fingerprint density at radius 3 is 2.23 bits per heavy atom. The number of piperidine rings is 1. The SMILES string of the molecule is COc1cc(NC(=O)CCN2CCC(CCc3ccccc3)CC2)cc(OC)c1OC. The predicted octanol–water partition coefficient (Wildman–Crippen LogP) is 4.39. The Morgan fingerprint density at radius 1 is 1.00 bits per heavy atom. The van der Waals surface area contributed by atoms with Crippen molar-refractivity contribution in [3.05, 3.63) is 48.0 Å². The van der Waals surface area contributed by atoms with E-state index in [2.05, 4.69) is 40.5 Å². The van der Waals surface area contributed by atoms with Crippen LogP contribution in [-0.2, 0) is 11.2 Å². The fraction of sp³-hybridized carbons (Fsp3) is 0.480. The van der Waals surface area contributed by atoms with Crippen molar-refractivity contribution in [2.24, 2.45) is 5.92 Å². The largest absolute Gasteiger partial charge is 0.493 e. The maximum Gasteiger partial charge on any atom is 0.225 e. The minimum atomic E-state index is -0.0134. The lowest BCUT2D eigenvalue weighted by atomic mass is 9.90. The second-order valence-corrected chi connectivity index (χ2v) is 8.02. The molecule has 2 aromatic rings. The van der Waals surface area contributed by atoms with Crippen molar-refractivity contribution < 1.29 is 19.0 Å². The third kappa shape index (κ3) is 6.62. The average Bonchev–Trinajstić information content (AvgIpc) is 2.82. The molecule has 0 unspecified atom stereocenters. The Bertz CT molecular complexity index is 808. The number of carbonyl (C=O) groups is 1. The van der Waals surface area contributed by atoms with Gasteiger partial charge >= 0.3 is 0 Å². The Labute approximate surface area is 185 Å². The Morgan fingerprint density at radius 2 is 1.65 bits per heavy atom. The maximum absolute atomic E-state index is 12.5. The van der Waals surface area contributed by atoms with Gasteiger partial charge in [-0.1, -0.05) is 30.3 Å². The molecule has 1 fully saturated rings. The minimum Gasteiger partial charge on any atom is -0.493 e. The molecule has 1 aliphatic heterocycles. The first kappa shape index (κ1) is 22.9. The molecule has 1 heterocycles. The highest BCUT2D eigenvalue weighted by Gasteiger charge is 2.20. The van der Waals surface area contributed by atoms with Crippen molar-refractivity contribution in [3.63, 3.8) is 0 Å². The number of rotatable bonds is 10. The van der Waals surface area contributed by atoms with Gasteiger partial charge in [0.2, 0.25) is 11.7 Å². The van der Waals surface area contributed by atoms with E-state index in [0.29, 0.717) is 29.4 Å². The Hall–Kier alpha value is -2.73. The second kappa shape index (κ2) is 11.6. The van der Waals surface area contributed by atoms with E-state index in [1.54, 1.807) is 33.5 Å². The molecule has 0 aromatic heterocycles. The zero-order valence-electron chi connectivity index (χ0n) is 18.9. The molecule has 0 bridgehead atoms. The number of methoxy groups -OCH3 is 3. The minimum absolute atomic E-state index is 0.0134. The molecule has 0 atom stereocenters. The highest BCUT2D eigenvalue weighted by atomic mass is 16.5. The van der Waals surface area contributed by atoms with Crippen LogP contribution in [0.5, 0.6) is 17.2 Å². The van der Waals surface area contributed by atoms with E-state index in [9.17, 15) is 4.79 Å². The third-order valence-corrected chi connectivity index (χ3v) is 5.99. The van der Waals surface area contributed by atoms with Crippen LogP contribution in [0.1, 0.15) is 31.2 Å². The van der Waals surface area contributed by atoms with Gasteiger partial charge in [0.25, 0.3) is 0 Å². The van der Waals surface area contributed by atoms with Crippen LogP contribution in [0.3, 0.4) is 0 Å². The average molecular weight is 427 g/mol. The van der Waals surface area contributed by atoms with Gasteiger partial charge in [0, 0.05) is 30.8 Å². The molecule has 6 nitrogen and oxygen atoms in total. The van der Waals surface area contributed by atoms with Crippen LogP contribution in [0, 0.1) is 5.92 Å². The van der Waals surface area contributed by atoms with Crippen molar-refractivity contribution in [2.45, 2.75) is 32.1 Å². The molecular formula is C25H34N2O4. The van der Waals surface area contributed by atoms with Crippen LogP contribution in [0.25, 0.3) is 0 Å². The van der Waals surface area contributed by atoms with Gasteiger partial charge in [0.1, 0.15) is 0 Å². The lowest BCUT2D eigenvalue weighted by molar-refractivity contribution is -0.116. The van der Waals surface area contributed by atoms with Crippen LogP contribution in [-0.4, -0.2) is 51.8 Å². The van der Waals surface area contributed by atoms with E-state index in [4.69, 9.17) is 14.2 Å². The van der Waals surface area contributed by atoms with Crippen molar-refractivity contribution in [3.8, 4) is 17.2 Å². The summed E-state index contributed by atoms with van der Waals surface area (Å²) in [6.45, 7) is 2.91. The number of carbonyl (C=O) groups excluding carboxylic acids is 1. The number of nitrogens with zero attached hydrogens (tertiary/aromatic N) is 1. The van der Waals surface area contributed by atoms with Crippen molar-refractivity contribution in [2.75, 3.05) is 46.3 Å². The van der Waals surface area contributed by atoms with Crippen LogP contribution < -0.4 is 19.5 Å². The summed E-state index contributed by atoms with van der Waals surface area (Å²) in [5, 5.41) is 2.95. The number of aryl methyl sites for hydroxylation is 1. The van der Waals surface area contributed by atoms with Gasteiger partial charge < -0.3 is 24.4 Å². The van der Waals surface area contributed by atoms with Gasteiger partial charge in [-0.3, -0.25) is 4.79 Å². The monoisotopic (exact) mass is 426 g/mol. The quantitative estimate of drug-likeness (QED) is 0.611. The normalized spacial score (nSPS) is 14.8. The summed E-state index contributed by atoms with van der Waals surface area (Å²) in [6, 6.07) is 14.2. The molecule has 0 spiro atoms. The summed E-state index contributed by atoms with van der Waals surface area (Å²) in [6.07, 6.45) is 5.29. The number of likely N-dealkylation sites (tertiary alicyclic amines) is 1. The second-order valence-electron chi connectivity index (χ2n) is 8.02.